The predicted octanol–water partition coefficient (Wildman–Crippen LogP) is 4.31. The van der Waals surface area contributed by atoms with Crippen LogP contribution in [0.25, 0.3) is 17.5 Å². The highest BCUT2D eigenvalue weighted by Gasteiger charge is 2.16. The Morgan fingerprint density at radius 1 is 1.06 bits per heavy atom. The monoisotopic (exact) mass is 411 g/mol. The van der Waals surface area contributed by atoms with Crippen LogP contribution in [0.15, 0.2) is 85.2 Å². The summed E-state index contributed by atoms with van der Waals surface area (Å²) in [5.41, 5.74) is 2.68. The van der Waals surface area contributed by atoms with Crippen LogP contribution >= 0.6 is 0 Å². The van der Waals surface area contributed by atoms with Gasteiger partial charge in [0.25, 0.3) is 5.91 Å². The number of ether oxygens (including phenoxy) is 1. The number of methoxy groups -OCH3 is 1. The molecule has 0 spiro atoms. The number of nitrogens with zero attached hydrogens (tertiary/aromatic N) is 4. The smallest absolute Gasteiger partial charge is 0.274 e. The largest absolute Gasteiger partial charge is 0.497 e. The number of carbonyl (C=O) groups is 1. The van der Waals surface area contributed by atoms with Gasteiger partial charge in [-0.2, -0.15) is 9.67 Å². The van der Waals surface area contributed by atoms with Gasteiger partial charge in [0, 0.05) is 30.6 Å². The van der Waals surface area contributed by atoms with Gasteiger partial charge in [0.1, 0.15) is 5.75 Å². The Bertz CT molecular complexity index is 1170. The fraction of sp³-hybridized carbons (Fsp3) is 0.0833. The third-order valence-electron chi connectivity index (χ3n) is 4.56. The van der Waals surface area contributed by atoms with E-state index in [0.29, 0.717) is 18.3 Å². The number of carbonyl (C=O) groups excluding carboxylic acids is 1. The molecule has 0 saturated heterocycles. The highest BCUT2D eigenvalue weighted by Crippen LogP contribution is 2.18. The quantitative estimate of drug-likeness (QED) is 0.456. The van der Waals surface area contributed by atoms with E-state index >= 15 is 0 Å². The maximum absolute atomic E-state index is 12.9. The van der Waals surface area contributed by atoms with Crippen molar-refractivity contribution in [2.45, 2.75) is 6.54 Å². The topological polar surface area (TPSA) is 81.9 Å². The van der Waals surface area contributed by atoms with Gasteiger partial charge in [0.15, 0.2) is 5.82 Å². The second kappa shape index (κ2) is 9.49. The van der Waals surface area contributed by atoms with E-state index in [0.717, 1.165) is 22.4 Å². The Morgan fingerprint density at radius 2 is 1.87 bits per heavy atom. The molecule has 2 aromatic carbocycles. The Kier molecular flexibility index (Phi) is 6.13. The summed E-state index contributed by atoms with van der Waals surface area (Å²) < 4.78 is 6.46. The first kappa shape index (κ1) is 20.0. The number of rotatable bonds is 7. The molecule has 0 aliphatic rings. The number of allylic oxidation sites excluding steroid dienone is 1. The molecular formula is C24H21N5O2. The first-order valence-electron chi connectivity index (χ1n) is 9.74. The minimum Gasteiger partial charge on any atom is -0.497 e. The van der Waals surface area contributed by atoms with E-state index in [4.69, 9.17) is 4.74 Å². The van der Waals surface area contributed by atoms with Crippen molar-refractivity contribution < 1.29 is 9.53 Å². The van der Waals surface area contributed by atoms with Gasteiger partial charge in [-0.1, -0.05) is 42.5 Å². The second-order valence-corrected chi connectivity index (χ2v) is 6.70. The van der Waals surface area contributed by atoms with Crippen molar-refractivity contribution in [3.8, 4) is 17.1 Å². The standard InChI is InChI=1S/C24H21N5O2/c1-31-21-12-9-19(10-13-21)16-26-24-27-23(20-8-5-15-25-17-20)28-29(24)22(30)14-11-18-6-3-2-4-7-18/h2-15,17H,16H2,1H3,(H,26,27,28)/b14-11+. The number of nitrogens with one attached hydrogen (secondary N) is 1. The zero-order valence-corrected chi connectivity index (χ0v) is 17.0. The summed E-state index contributed by atoms with van der Waals surface area (Å²) in [5, 5.41) is 7.62. The van der Waals surface area contributed by atoms with Crippen LogP contribution in [0, 0.1) is 0 Å². The lowest BCUT2D eigenvalue weighted by Gasteiger charge is -2.07. The van der Waals surface area contributed by atoms with Crippen LogP contribution in [0.3, 0.4) is 0 Å². The normalized spacial score (nSPS) is 10.9. The Labute approximate surface area is 180 Å². The lowest BCUT2D eigenvalue weighted by atomic mass is 10.2. The molecule has 4 rings (SSSR count). The molecule has 0 bridgehead atoms. The van der Waals surface area contributed by atoms with Gasteiger partial charge in [-0.3, -0.25) is 9.78 Å². The molecule has 4 aromatic rings. The molecule has 0 atom stereocenters. The van der Waals surface area contributed by atoms with Crippen molar-refractivity contribution in [1.82, 2.24) is 19.7 Å². The first-order chi connectivity index (χ1) is 15.2. The number of pyridine rings is 1. The average Bonchev–Trinajstić information content (AvgIpc) is 3.27. The fourth-order valence-corrected chi connectivity index (χ4v) is 2.92. The molecule has 2 aromatic heterocycles. The van der Waals surface area contributed by atoms with Gasteiger partial charge in [0.05, 0.1) is 7.11 Å². The van der Waals surface area contributed by atoms with Gasteiger partial charge in [-0.15, -0.1) is 5.10 Å². The van der Waals surface area contributed by atoms with Crippen LogP contribution in [0.5, 0.6) is 5.75 Å². The molecule has 0 amide bonds. The number of anilines is 1. The van der Waals surface area contributed by atoms with Crippen LogP contribution in [-0.2, 0) is 6.54 Å². The summed E-state index contributed by atoms with van der Waals surface area (Å²) >= 11 is 0. The van der Waals surface area contributed by atoms with Crippen LogP contribution < -0.4 is 10.1 Å². The summed E-state index contributed by atoms with van der Waals surface area (Å²) in [7, 11) is 1.63. The third-order valence-corrected chi connectivity index (χ3v) is 4.56. The highest BCUT2D eigenvalue weighted by atomic mass is 16.5. The summed E-state index contributed by atoms with van der Waals surface area (Å²) in [5.74, 6) is 1.26. The van der Waals surface area contributed by atoms with E-state index in [9.17, 15) is 4.79 Å². The maximum Gasteiger partial charge on any atom is 0.274 e. The van der Waals surface area contributed by atoms with Crippen LogP contribution in [0.1, 0.15) is 15.9 Å². The Hall–Kier alpha value is -4.26. The Balaban J connectivity index is 1.59. The van der Waals surface area contributed by atoms with Crippen LogP contribution in [0.4, 0.5) is 5.95 Å². The van der Waals surface area contributed by atoms with E-state index in [2.05, 4.69) is 20.4 Å². The summed E-state index contributed by atoms with van der Waals surface area (Å²) in [6.07, 6.45) is 6.57. The molecule has 1 N–H and O–H groups in total. The zero-order valence-electron chi connectivity index (χ0n) is 17.0. The van der Waals surface area contributed by atoms with Crippen LogP contribution in [0.2, 0.25) is 0 Å². The molecule has 0 fully saturated rings. The minimum absolute atomic E-state index is 0.302. The number of benzene rings is 2. The fourth-order valence-electron chi connectivity index (χ4n) is 2.92. The van der Waals surface area contributed by atoms with Gasteiger partial charge < -0.3 is 10.1 Å². The Morgan fingerprint density at radius 3 is 2.58 bits per heavy atom. The molecule has 0 aliphatic carbocycles. The van der Waals surface area contributed by atoms with E-state index in [1.807, 2.05) is 60.7 Å². The lowest BCUT2D eigenvalue weighted by molar-refractivity contribution is 0.0957. The molecule has 0 unspecified atom stereocenters. The number of aromatic nitrogens is 4. The summed E-state index contributed by atoms with van der Waals surface area (Å²) in [6.45, 7) is 0.477. The third kappa shape index (κ3) is 5.02. The minimum atomic E-state index is -0.302. The molecule has 7 nitrogen and oxygen atoms in total. The SMILES string of the molecule is COc1ccc(CNc2nc(-c3cccnc3)nn2C(=O)/C=C/c2ccccc2)cc1. The van der Waals surface area contributed by atoms with Gasteiger partial charge in [-0.25, -0.2) is 0 Å². The number of hydrogen-bond donors (Lipinski definition) is 1. The van der Waals surface area contributed by atoms with E-state index in [-0.39, 0.29) is 5.91 Å². The number of hydrogen-bond acceptors (Lipinski definition) is 6. The first-order valence-corrected chi connectivity index (χ1v) is 9.74. The predicted molar refractivity (Wildman–Crippen MR) is 120 cm³/mol. The molecule has 154 valence electrons. The van der Waals surface area contributed by atoms with E-state index in [1.165, 1.54) is 10.8 Å². The molecule has 7 heteroatoms. The lowest BCUT2D eigenvalue weighted by Crippen LogP contribution is -2.14. The molecule has 0 aliphatic heterocycles. The van der Waals surface area contributed by atoms with Gasteiger partial charge in [0.2, 0.25) is 5.95 Å². The maximum atomic E-state index is 12.9. The average molecular weight is 411 g/mol. The van der Waals surface area contributed by atoms with Gasteiger partial charge >= 0.3 is 0 Å². The van der Waals surface area contributed by atoms with Crippen LogP contribution in [-0.4, -0.2) is 32.8 Å². The molecule has 2 heterocycles. The second-order valence-electron chi connectivity index (χ2n) is 6.70. The summed E-state index contributed by atoms with van der Waals surface area (Å²) in [6, 6.07) is 20.9. The van der Waals surface area contributed by atoms with Gasteiger partial charge in [-0.05, 0) is 41.5 Å². The van der Waals surface area contributed by atoms with E-state index in [1.54, 1.807) is 31.6 Å². The molecule has 0 saturated carbocycles. The molecule has 0 radical (unpaired) electrons. The van der Waals surface area contributed by atoms with E-state index < -0.39 is 0 Å². The van der Waals surface area contributed by atoms with Crippen molar-refractivity contribution in [3.63, 3.8) is 0 Å². The van der Waals surface area contributed by atoms with Crippen molar-refractivity contribution in [2.24, 2.45) is 0 Å². The van der Waals surface area contributed by atoms with Crippen molar-refractivity contribution >= 4 is 17.9 Å². The molecule has 31 heavy (non-hydrogen) atoms. The van der Waals surface area contributed by atoms with Crippen molar-refractivity contribution in [2.75, 3.05) is 12.4 Å². The zero-order chi connectivity index (χ0) is 21.5. The molecular weight excluding hydrogens is 390 g/mol. The van der Waals surface area contributed by atoms with Crippen molar-refractivity contribution in [1.29, 1.82) is 0 Å². The highest BCUT2D eigenvalue weighted by molar-refractivity contribution is 5.94. The van der Waals surface area contributed by atoms with Crippen molar-refractivity contribution in [3.05, 3.63) is 96.3 Å². The summed E-state index contributed by atoms with van der Waals surface area (Å²) in [4.78, 5) is 21.5.